The Hall–Kier alpha value is -1.81. The third-order valence-corrected chi connectivity index (χ3v) is 7.86. The molecule has 29 heavy (non-hydrogen) atoms. The van der Waals surface area contributed by atoms with Gasteiger partial charge in [0.1, 0.15) is 0 Å². The molecule has 0 spiro atoms. The van der Waals surface area contributed by atoms with Crippen LogP contribution in [0.2, 0.25) is 0 Å². The minimum absolute atomic E-state index is 0.435. The lowest BCUT2D eigenvalue weighted by atomic mass is 9.71. The Morgan fingerprint density at radius 2 is 2.00 bits per heavy atom. The van der Waals surface area contributed by atoms with Crippen LogP contribution in [0.1, 0.15) is 62.3 Å². The fourth-order valence-corrected chi connectivity index (χ4v) is 6.55. The van der Waals surface area contributed by atoms with Gasteiger partial charge in [0, 0.05) is 54.7 Å². The second kappa shape index (κ2) is 7.46. The van der Waals surface area contributed by atoms with Crippen molar-refractivity contribution in [3.8, 4) is 0 Å². The summed E-state index contributed by atoms with van der Waals surface area (Å²) in [5, 5.41) is 1.37. The molecule has 1 N–H and O–H groups in total. The number of amides is 1. The minimum Gasteiger partial charge on any atom is -0.357 e. The molecule has 5 rings (SSSR count). The van der Waals surface area contributed by atoms with Crippen LogP contribution in [-0.4, -0.2) is 45.9 Å². The van der Waals surface area contributed by atoms with E-state index in [2.05, 4.69) is 53.8 Å². The number of carbonyl (C=O) groups is 1. The molecule has 2 bridgehead atoms. The van der Waals surface area contributed by atoms with E-state index in [1.165, 1.54) is 47.0 Å². The van der Waals surface area contributed by atoms with Crippen molar-refractivity contribution in [1.29, 1.82) is 0 Å². The summed E-state index contributed by atoms with van der Waals surface area (Å²) in [6, 6.07) is 7.66. The topological polar surface area (TPSA) is 39.3 Å². The lowest BCUT2D eigenvalue weighted by molar-refractivity contribution is -0.153. The molecular formula is C25H35N3O. The number of benzene rings is 1. The van der Waals surface area contributed by atoms with Crippen LogP contribution in [0.5, 0.6) is 0 Å². The average molecular weight is 394 g/mol. The summed E-state index contributed by atoms with van der Waals surface area (Å²) in [7, 11) is 0. The number of aromatic nitrogens is 1. The maximum absolute atomic E-state index is 12.8. The maximum atomic E-state index is 12.8. The first kappa shape index (κ1) is 19.2. The Bertz CT molecular complexity index is 916. The van der Waals surface area contributed by atoms with E-state index in [-0.39, 0.29) is 0 Å². The molecule has 0 radical (unpaired) electrons. The fourth-order valence-electron chi connectivity index (χ4n) is 6.55. The zero-order valence-corrected chi connectivity index (χ0v) is 18.2. The van der Waals surface area contributed by atoms with Crippen molar-refractivity contribution in [2.24, 2.45) is 11.8 Å². The van der Waals surface area contributed by atoms with Crippen molar-refractivity contribution in [2.45, 2.75) is 77.9 Å². The van der Waals surface area contributed by atoms with Crippen LogP contribution in [0.15, 0.2) is 18.2 Å². The fraction of sp³-hybridized carbons (Fsp3) is 0.640. The smallest absolute Gasteiger partial charge is 0.223 e. The molecule has 4 atom stereocenters. The van der Waals surface area contributed by atoms with Crippen molar-refractivity contribution in [3.05, 3.63) is 35.0 Å². The van der Waals surface area contributed by atoms with Crippen LogP contribution in [0, 0.1) is 25.7 Å². The SMILES string of the molecule is CCC[C@H]1[C@H]2C[C@H](CN(Cc3[nH]c4ccc(C)cc4c3C)C2)[C@@H]2CCCC(=O)N21. The highest BCUT2D eigenvalue weighted by atomic mass is 16.2. The number of rotatable bonds is 4. The van der Waals surface area contributed by atoms with Gasteiger partial charge in [-0.3, -0.25) is 9.69 Å². The summed E-state index contributed by atoms with van der Waals surface area (Å²) < 4.78 is 0. The second-order valence-corrected chi connectivity index (χ2v) is 9.84. The van der Waals surface area contributed by atoms with Gasteiger partial charge in [-0.1, -0.05) is 25.0 Å². The number of likely N-dealkylation sites (tertiary alicyclic amines) is 1. The summed E-state index contributed by atoms with van der Waals surface area (Å²) in [5.74, 6) is 1.72. The van der Waals surface area contributed by atoms with Crippen molar-refractivity contribution < 1.29 is 4.79 Å². The normalized spacial score (nSPS) is 30.0. The number of carbonyl (C=O) groups excluding carboxylic acids is 1. The quantitative estimate of drug-likeness (QED) is 0.811. The number of hydrogen-bond acceptors (Lipinski definition) is 2. The molecule has 4 heteroatoms. The van der Waals surface area contributed by atoms with Gasteiger partial charge in [-0.05, 0) is 69.1 Å². The van der Waals surface area contributed by atoms with Crippen LogP contribution in [0.3, 0.4) is 0 Å². The van der Waals surface area contributed by atoms with Crippen LogP contribution in [-0.2, 0) is 11.3 Å². The van der Waals surface area contributed by atoms with E-state index >= 15 is 0 Å². The summed E-state index contributed by atoms with van der Waals surface area (Å²) in [6.07, 6.45) is 6.72. The van der Waals surface area contributed by atoms with Gasteiger partial charge in [-0.25, -0.2) is 0 Å². The molecular weight excluding hydrogens is 358 g/mol. The summed E-state index contributed by atoms with van der Waals surface area (Å²) >= 11 is 0. The van der Waals surface area contributed by atoms with Crippen molar-refractivity contribution in [1.82, 2.24) is 14.8 Å². The molecule has 0 unspecified atom stereocenters. The standard InChI is InChI=1S/C25H35N3O/c1-4-6-23-18-12-19(24-7-5-8-25(29)28(23)24)14-27(13-18)15-22-17(3)20-11-16(2)9-10-21(20)26-22/h9-11,18-19,23-24,26H,4-8,12-15H2,1-3H3/t18-,19+,23-,24-/m0/s1. The van der Waals surface area contributed by atoms with E-state index in [0.29, 0.717) is 29.8 Å². The highest BCUT2D eigenvalue weighted by molar-refractivity contribution is 5.85. The van der Waals surface area contributed by atoms with E-state index in [0.717, 1.165) is 38.9 Å². The molecule has 4 heterocycles. The van der Waals surface area contributed by atoms with Gasteiger partial charge in [-0.15, -0.1) is 0 Å². The van der Waals surface area contributed by atoms with Crippen molar-refractivity contribution in [3.63, 3.8) is 0 Å². The van der Waals surface area contributed by atoms with E-state index in [4.69, 9.17) is 0 Å². The molecule has 1 aromatic heterocycles. The Labute approximate surface area is 174 Å². The Morgan fingerprint density at radius 1 is 1.17 bits per heavy atom. The molecule has 1 aromatic carbocycles. The lowest BCUT2D eigenvalue weighted by Gasteiger charge is -2.56. The Morgan fingerprint density at radius 3 is 2.83 bits per heavy atom. The monoisotopic (exact) mass is 393 g/mol. The molecule has 3 aliphatic rings. The van der Waals surface area contributed by atoms with Crippen LogP contribution in [0.25, 0.3) is 10.9 Å². The zero-order valence-electron chi connectivity index (χ0n) is 18.2. The van der Waals surface area contributed by atoms with Gasteiger partial charge in [0.25, 0.3) is 0 Å². The minimum atomic E-state index is 0.435. The Balaban J connectivity index is 1.40. The first-order valence-corrected chi connectivity index (χ1v) is 11.7. The average Bonchev–Trinajstić information content (AvgIpc) is 3.00. The number of piperidine rings is 3. The number of aromatic amines is 1. The molecule has 1 amide bonds. The van der Waals surface area contributed by atoms with Crippen LogP contribution >= 0.6 is 0 Å². The number of fused-ring (bicyclic) bond motifs is 5. The molecule has 3 fully saturated rings. The lowest BCUT2D eigenvalue weighted by Crippen LogP contribution is -2.64. The third kappa shape index (κ3) is 3.30. The van der Waals surface area contributed by atoms with Crippen molar-refractivity contribution in [2.75, 3.05) is 13.1 Å². The molecule has 0 saturated carbocycles. The summed E-state index contributed by atoms with van der Waals surface area (Å²) in [5.41, 5.74) is 5.35. The first-order valence-electron chi connectivity index (χ1n) is 11.7. The maximum Gasteiger partial charge on any atom is 0.223 e. The number of hydrogen-bond donors (Lipinski definition) is 1. The van der Waals surface area contributed by atoms with Gasteiger partial charge in [0.2, 0.25) is 5.91 Å². The number of nitrogens with zero attached hydrogens (tertiary/aromatic N) is 2. The summed E-state index contributed by atoms with van der Waals surface area (Å²) in [6.45, 7) is 9.98. The molecule has 156 valence electrons. The highest BCUT2D eigenvalue weighted by Crippen LogP contribution is 2.43. The number of aryl methyl sites for hydroxylation is 2. The zero-order chi connectivity index (χ0) is 20.1. The molecule has 2 aromatic rings. The van der Waals surface area contributed by atoms with E-state index in [1.807, 2.05) is 0 Å². The highest BCUT2D eigenvalue weighted by Gasteiger charge is 2.48. The van der Waals surface area contributed by atoms with E-state index < -0.39 is 0 Å². The van der Waals surface area contributed by atoms with Gasteiger partial charge >= 0.3 is 0 Å². The molecule has 3 aliphatic heterocycles. The van der Waals surface area contributed by atoms with Crippen LogP contribution in [0.4, 0.5) is 0 Å². The van der Waals surface area contributed by atoms with E-state index in [1.54, 1.807) is 0 Å². The predicted octanol–water partition coefficient (Wildman–Crippen LogP) is 4.79. The van der Waals surface area contributed by atoms with Crippen LogP contribution < -0.4 is 0 Å². The summed E-state index contributed by atoms with van der Waals surface area (Å²) in [4.78, 5) is 21.5. The number of nitrogens with one attached hydrogen (secondary N) is 1. The predicted molar refractivity (Wildman–Crippen MR) is 118 cm³/mol. The number of H-pyrrole nitrogens is 1. The Kier molecular flexibility index (Phi) is 4.93. The largest absolute Gasteiger partial charge is 0.357 e. The molecule has 0 aliphatic carbocycles. The van der Waals surface area contributed by atoms with Gasteiger partial charge in [0.15, 0.2) is 0 Å². The van der Waals surface area contributed by atoms with Gasteiger partial charge in [-0.2, -0.15) is 0 Å². The van der Waals surface area contributed by atoms with Gasteiger partial charge in [0.05, 0.1) is 0 Å². The van der Waals surface area contributed by atoms with Crippen molar-refractivity contribution >= 4 is 16.8 Å². The molecule has 4 nitrogen and oxygen atoms in total. The second-order valence-electron chi connectivity index (χ2n) is 9.84. The first-order chi connectivity index (χ1) is 14.0. The van der Waals surface area contributed by atoms with Gasteiger partial charge < -0.3 is 9.88 Å². The molecule has 3 saturated heterocycles. The third-order valence-electron chi connectivity index (χ3n) is 7.86. The van der Waals surface area contributed by atoms with E-state index in [9.17, 15) is 4.79 Å².